The van der Waals surface area contributed by atoms with Crippen molar-refractivity contribution < 1.29 is 139 Å². The monoisotopic (exact) mass is 1650 g/mol. The highest BCUT2D eigenvalue weighted by molar-refractivity contribution is 7.98. The molecule has 2 rings (SSSR count). The Labute approximate surface area is 676 Å². The predicted octanol–water partition coefficient (Wildman–Crippen LogP) is 10.0. The zero-order chi connectivity index (χ0) is 89.9. The van der Waals surface area contributed by atoms with E-state index in [0.717, 1.165) is 11.3 Å². The zero-order valence-electron chi connectivity index (χ0n) is 72.6. The van der Waals surface area contributed by atoms with E-state index in [2.05, 4.69) is 65.6 Å². The fraction of sp³-hybridized carbons (Fsp3) is 0.662. The first-order valence-electron chi connectivity index (χ1n) is 35.7. The van der Waals surface area contributed by atoms with Crippen LogP contribution < -0.4 is 37.2 Å². The van der Waals surface area contributed by atoms with Crippen LogP contribution in [-0.2, 0) is 106 Å². The molecule has 0 aliphatic carbocycles. The molecule has 0 aromatic heterocycles. The first-order valence-corrected chi connectivity index (χ1v) is 37.1. The second kappa shape index (κ2) is 56.2. The standard InChI is InChI=1S/C15H21NO4.C14H19NO4.C11H21NO4S.C11H21NO4.C9H17NO5.C9H17NO4.C8H15NO4/c1-15(2,3)20-14(18)16-12(13(17)19-4)10-11-8-6-5-7-9-11;1-14(2,3)19-13(17)15-11(12(16)18-4)10-8-6-5-7-9-10;1-11(2,3)16-10(14)12-8(6-7-17-5)9(13)15-4;1-7(2)8(9(13)15-6)12-10(14)16-11(3,4)5;1-9(2,3)15-8(13)10-6(5-11)7(12)14-4;1-6(7(11)13-5)10-8(12)14-9(2,3)4;1-8(2,3)13-7(11)9-5-6(10)12-4/h5-9,12H,10H2,1-4H3,(H,16,18);5-9,11H,1-4H3,(H,15,17);8H,6-7H2,1-5H3,(H,12,14);7-8H,1-6H3,(H,12,14);6,11H,5H2,1-4H3,(H,10,13);6H,1-5H3,(H,10,12);5H2,1-4H3,(H,9,11). The number of alkyl carbamates (subject to hydrolysis) is 7. The Hall–Kier alpha value is -10.1. The zero-order valence-corrected chi connectivity index (χ0v) is 73.5. The molecule has 654 valence electrons. The molecular weight excluding hydrogens is 1520 g/mol. The molecule has 0 radical (unpaired) electrons. The molecule has 6 unspecified atom stereocenters. The van der Waals surface area contributed by atoms with Crippen molar-refractivity contribution >= 4 is 96.2 Å². The highest BCUT2D eigenvalue weighted by Gasteiger charge is 2.31. The lowest BCUT2D eigenvalue weighted by Crippen LogP contribution is -2.46. The third-order valence-electron chi connectivity index (χ3n) is 11.9. The van der Waals surface area contributed by atoms with Crippen LogP contribution in [0.3, 0.4) is 0 Å². The second-order valence-corrected chi connectivity index (χ2v) is 32.0. The number of ether oxygens (including phenoxy) is 14. The van der Waals surface area contributed by atoms with Crippen molar-refractivity contribution in [3.8, 4) is 0 Å². The van der Waals surface area contributed by atoms with Gasteiger partial charge in [-0.05, 0) is 188 Å². The highest BCUT2D eigenvalue weighted by Crippen LogP contribution is 2.18. The van der Waals surface area contributed by atoms with Crippen LogP contribution >= 0.6 is 11.8 Å². The molecule has 114 heavy (non-hydrogen) atoms. The molecule has 2 aromatic carbocycles. The predicted molar refractivity (Wildman–Crippen MR) is 423 cm³/mol. The molecule has 0 bridgehead atoms. The van der Waals surface area contributed by atoms with E-state index in [1.54, 1.807) is 181 Å². The van der Waals surface area contributed by atoms with Gasteiger partial charge in [-0.15, -0.1) is 0 Å². The first kappa shape index (κ1) is 113. The molecule has 0 fully saturated rings. The Balaban J connectivity index is -0.000000407. The summed E-state index contributed by atoms with van der Waals surface area (Å²) in [5, 5.41) is 25.6. The average Bonchev–Trinajstić information content (AvgIpc) is 0.864. The number of rotatable bonds is 22. The van der Waals surface area contributed by atoms with Crippen LogP contribution in [-0.4, -0.2) is 234 Å². The van der Waals surface area contributed by atoms with Crippen molar-refractivity contribution in [3.63, 3.8) is 0 Å². The summed E-state index contributed by atoms with van der Waals surface area (Å²) in [6.07, 6.45) is -1.73. The van der Waals surface area contributed by atoms with Gasteiger partial charge in [0.25, 0.3) is 0 Å². The maximum Gasteiger partial charge on any atom is 0.408 e. The third-order valence-corrected chi connectivity index (χ3v) is 12.6. The van der Waals surface area contributed by atoms with Gasteiger partial charge in [-0.3, -0.25) is 4.79 Å². The minimum absolute atomic E-state index is 0.0556. The van der Waals surface area contributed by atoms with E-state index >= 15 is 0 Å². The number of aliphatic hydroxyl groups excluding tert-OH is 1. The van der Waals surface area contributed by atoms with Crippen LogP contribution in [0.5, 0.6) is 0 Å². The van der Waals surface area contributed by atoms with E-state index in [9.17, 15) is 67.1 Å². The molecule has 0 heterocycles. The van der Waals surface area contributed by atoms with Crippen molar-refractivity contribution in [3.05, 3.63) is 71.8 Å². The van der Waals surface area contributed by atoms with Gasteiger partial charge in [-0.25, -0.2) is 62.3 Å². The van der Waals surface area contributed by atoms with Crippen LogP contribution in [0.1, 0.15) is 190 Å². The Morgan fingerprint density at radius 1 is 0.360 bits per heavy atom. The van der Waals surface area contributed by atoms with Gasteiger partial charge < -0.3 is 109 Å². The highest BCUT2D eigenvalue weighted by atomic mass is 32.2. The number of nitrogens with one attached hydrogen (secondary N) is 7. The molecule has 36 nitrogen and oxygen atoms in total. The molecule has 6 atom stereocenters. The number of methoxy groups -OCH3 is 7. The van der Waals surface area contributed by atoms with Crippen LogP contribution in [0.15, 0.2) is 60.7 Å². The van der Waals surface area contributed by atoms with Crippen molar-refractivity contribution in [2.24, 2.45) is 5.92 Å². The SMILES string of the molecule is COC(=O)C(C)NC(=O)OC(C)(C)C.COC(=O)C(CCSC)NC(=O)OC(C)(C)C.COC(=O)C(CO)NC(=O)OC(C)(C)C.COC(=O)C(Cc1ccccc1)NC(=O)OC(C)(C)C.COC(=O)C(NC(=O)OC(C)(C)C)C(C)C.COC(=O)C(NC(=O)OC(C)(C)C)c1ccccc1.COC(=O)CNC(=O)OC(C)(C)C. The topological polar surface area (TPSA) is 473 Å². The number of amides is 7. The number of esters is 7. The molecule has 37 heteroatoms. The van der Waals surface area contributed by atoms with Crippen LogP contribution in [0.25, 0.3) is 0 Å². The Morgan fingerprint density at radius 3 is 1.00 bits per heavy atom. The minimum atomic E-state index is -1.09. The molecule has 0 saturated carbocycles. The lowest BCUT2D eigenvalue weighted by molar-refractivity contribution is -0.145. The molecule has 2 aromatic rings. The molecule has 7 amide bonds. The smallest absolute Gasteiger partial charge is 0.408 e. The van der Waals surface area contributed by atoms with Gasteiger partial charge >= 0.3 is 84.4 Å². The number of hydrogen-bond donors (Lipinski definition) is 8. The fourth-order valence-corrected chi connectivity index (χ4v) is 7.73. The number of hydrogen-bond acceptors (Lipinski definition) is 30. The Kier molecular flexibility index (Phi) is 55.5. The van der Waals surface area contributed by atoms with E-state index in [-0.39, 0.29) is 12.5 Å². The van der Waals surface area contributed by atoms with Gasteiger partial charge in [0.1, 0.15) is 69.9 Å². The van der Waals surface area contributed by atoms with Crippen LogP contribution in [0, 0.1) is 5.92 Å². The van der Waals surface area contributed by atoms with Gasteiger partial charge in [0, 0.05) is 6.42 Å². The van der Waals surface area contributed by atoms with E-state index in [1.165, 1.54) is 56.7 Å². The number of carbonyl (C=O) groups excluding carboxylic acids is 14. The van der Waals surface area contributed by atoms with Crippen molar-refractivity contribution in [1.29, 1.82) is 0 Å². The summed E-state index contributed by atoms with van der Waals surface area (Å²) in [6.45, 7) is 41.1. The number of thioether (sulfide) groups is 1. The Bertz CT molecular complexity index is 3220. The summed E-state index contributed by atoms with van der Waals surface area (Å²) in [5.74, 6) is -3.00. The third kappa shape index (κ3) is 65.5. The minimum Gasteiger partial charge on any atom is -0.468 e. The number of benzene rings is 2. The summed E-state index contributed by atoms with van der Waals surface area (Å²) in [7, 11) is 8.82. The summed E-state index contributed by atoms with van der Waals surface area (Å²) in [5.41, 5.74) is -2.61. The van der Waals surface area contributed by atoms with Crippen LogP contribution in [0.2, 0.25) is 0 Å². The first-order chi connectivity index (χ1) is 52.0. The average molecular weight is 1650 g/mol. The largest absolute Gasteiger partial charge is 0.468 e. The van der Waals surface area contributed by atoms with Gasteiger partial charge in [-0.1, -0.05) is 74.5 Å². The maximum atomic E-state index is 11.7. The van der Waals surface area contributed by atoms with E-state index < -0.39 is 167 Å². The van der Waals surface area contributed by atoms with Gasteiger partial charge in [0.2, 0.25) is 0 Å². The van der Waals surface area contributed by atoms with E-state index in [4.69, 9.17) is 43.0 Å². The lowest BCUT2D eigenvalue weighted by Gasteiger charge is -2.24. The molecule has 0 saturated heterocycles. The fourth-order valence-electron chi connectivity index (χ4n) is 7.26. The molecular formula is C77H131N7O29S. The van der Waals surface area contributed by atoms with Crippen LogP contribution in [0.4, 0.5) is 33.6 Å². The summed E-state index contributed by atoms with van der Waals surface area (Å²) < 4.78 is 66.9. The molecule has 0 spiro atoms. The molecule has 0 aliphatic heterocycles. The van der Waals surface area contributed by atoms with Crippen molar-refractivity contribution in [2.45, 2.75) is 254 Å². The summed E-state index contributed by atoms with van der Waals surface area (Å²) in [6, 6.07) is 13.5. The quantitative estimate of drug-likeness (QED) is 0.0401. The molecule has 8 N–H and O–H groups in total. The lowest BCUT2D eigenvalue weighted by atomic mass is 10.1. The normalized spacial score (nSPS) is 12.5. The Morgan fingerprint density at radius 2 is 0.667 bits per heavy atom. The van der Waals surface area contributed by atoms with Crippen molar-refractivity contribution in [1.82, 2.24) is 37.2 Å². The summed E-state index contributed by atoms with van der Waals surface area (Å²) in [4.78, 5) is 158. The summed E-state index contributed by atoms with van der Waals surface area (Å²) >= 11 is 1.60. The second-order valence-electron chi connectivity index (χ2n) is 31.0. The van der Waals surface area contributed by atoms with Gasteiger partial charge in [-0.2, -0.15) is 11.8 Å². The van der Waals surface area contributed by atoms with E-state index in [1.807, 2.05) is 56.5 Å². The maximum absolute atomic E-state index is 11.7. The van der Waals surface area contributed by atoms with E-state index in [0.29, 0.717) is 18.4 Å². The molecule has 0 aliphatic rings. The van der Waals surface area contributed by atoms with Gasteiger partial charge in [0.05, 0.1) is 56.4 Å². The number of carbonyl (C=O) groups is 14. The number of aliphatic hydroxyl groups is 1. The van der Waals surface area contributed by atoms with Crippen molar-refractivity contribution in [2.75, 3.05) is 74.9 Å². The van der Waals surface area contributed by atoms with Gasteiger partial charge in [0.15, 0.2) is 12.1 Å².